The Bertz CT molecular complexity index is 913. The lowest BCUT2D eigenvalue weighted by Crippen LogP contribution is -2.29. The normalized spacial score (nSPS) is 11.0. The van der Waals surface area contributed by atoms with E-state index in [4.69, 9.17) is 23.2 Å². The van der Waals surface area contributed by atoms with Gasteiger partial charge in [-0.25, -0.2) is 0 Å². The van der Waals surface area contributed by atoms with Crippen molar-refractivity contribution in [1.82, 2.24) is 5.32 Å². The summed E-state index contributed by atoms with van der Waals surface area (Å²) in [4.78, 5) is 34.2. The van der Waals surface area contributed by atoms with Crippen molar-refractivity contribution in [2.75, 3.05) is 5.32 Å². The van der Waals surface area contributed by atoms with Gasteiger partial charge in [-0.2, -0.15) is 0 Å². The molecule has 0 atom stereocenters. The number of carbonyl (C=O) groups is 2. The van der Waals surface area contributed by atoms with Crippen LogP contribution in [0.3, 0.4) is 0 Å². The first kappa shape index (κ1) is 19.4. The van der Waals surface area contributed by atoms with Gasteiger partial charge in [0.05, 0.1) is 15.6 Å². The van der Waals surface area contributed by atoms with Gasteiger partial charge in [0.25, 0.3) is 11.6 Å². The summed E-state index contributed by atoms with van der Waals surface area (Å²) < 4.78 is 0. The van der Waals surface area contributed by atoms with Crippen LogP contribution in [0.25, 0.3) is 6.08 Å². The maximum atomic E-state index is 12.5. The van der Waals surface area contributed by atoms with E-state index in [-0.39, 0.29) is 22.1 Å². The maximum Gasteiger partial charge on any atom is 0.272 e. The summed E-state index contributed by atoms with van der Waals surface area (Å²) in [5.74, 6) is -1.13. The molecule has 9 heteroatoms. The SMILES string of the molecule is CC(=O)NC(=Cc1cccc([N+](=O)[O-])c1)C(=O)Nc1cc(Cl)ccc1Cl. The number of nitro benzene ring substituents is 1. The molecule has 0 bridgehead atoms. The number of non-ortho nitro benzene ring substituents is 1. The smallest absolute Gasteiger partial charge is 0.272 e. The molecule has 0 aliphatic heterocycles. The summed E-state index contributed by atoms with van der Waals surface area (Å²) in [6.07, 6.45) is 1.32. The van der Waals surface area contributed by atoms with Crippen LogP contribution in [0.4, 0.5) is 11.4 Å². The molecule has 0 saturated heterocycles. The van der Waals surface area contributed by atoms with Gasteiger partial charge in [0.2, 0.25) is 5.91 Å². The molecular weight excluding hydrogens is 381 g/mol. The highest BCUT2D eigenvalue weighted by molar-refractivity contribution is 6.36. The number of hydrogen-bond donors (Lipinski definition) is 2. The largest absolute Gasteiger partial charge is 0.322 e. The van der Waals surface area contributed by atoms with Gasteiger partial charge >= 0.3 is 0 Å². The van der Waals surface area contributed by atoms with E-state index >= 15 is 0 Å². The number of amides is 2. The molecule has 7 nitrogen and oxygen atoms in total. The van der Waals surface area contributed by atoms with Crippen LogP contribution in [-0.4, -0.2) is 16.7 Å². The Morgan fingerprint density at radius 1 is 1.15 bits per heavy atom. The van der Waals surface area contributed by atoms with E-state index in [2.05, 4.69) is 10.6 Å². The molecule has 0 aromatic heterocycles. The Kier molecular flexibility index (Phi) is 6.32. The van der Waals surface area contributed by atoms with Crippen LogP contribution < -0.4 is 10.6 Å². The predicted octanol–water partition coefficient (Wildman–Crippen LogP) is 4.02. The summed E-state index contributed by atoms with van der Waals surface area (Å²) in [7, 11) is 0. The molecule has 2 amide bonds. The Hall–Kier alpha value is -2.90. The van der Waals surface area contributed by atoms with Gasteiger partial charge in [0.1, 0.15) is 5.70 Å². The van der Waals surface area contributed by atoms with E-state index in [1.54, 1.807) is 12.1 Å². The zero-order valence-corrected chi connectivity index (χ0v) is 15.0. The van der Waals surface area contributed by atoms with Crippen LogP contribution in [0.2, 0.25) is 10.0 Å². The van der Waals surface area contributed by atoms with Gasteiger partial charge in [-0.1, -0.05) is 35.3 Å². The molecule has 0 fully saturated rings. The highest BCUT2D eigenvalue weighted by atomic mass is 35.5. The molecule has 0 heterocycles. The number of carbonyl (C=O) groups excluding carboxylic acids is 2. The first-order chi connectivity index (χ1) is 12.3. The van der Waals surface area contributed by atoms with Crippen molar-refractivity contribution in [2.45, 2.75) is 6.92 Å². The number of nitrogens with one attached hydrogen (secondary N) is 2. The van der Waals surface area contributed by atoms with Crippen molar-refractivity contribution in [2.24, 2.45) is 0 Å². The van der Waals surface area contributed by atoms with Gasteiger partial charge in [0, 0.05) is 24.1 Å². The van der Waals surface area contributed by atoms with Gasteiger partial charge in [-0.05, 0) is 29.8 Å². The standard InChI is InChI=1S/C17H13Cl2N3O4/c1-10(23)20-16(8-11-3-2-4-13(7-11)22(25)26)17(24)21-15-9-12(18)5-6-14(15)19/h2-9H,1H3,(H,20,23)(H,21,24). The second-order valence-electron chi connectivity index (χ2n) is 5.17. The fraction of sp³-hybridized carbons (Fsp3) is 0.0588. The van der Waals surface area contributed by atoms with Crippen molar-refractivity contribution in [3.05, 3.63) is 73.9 Å². The third-order valence-electron chi connectivity index (χ3n) is 3.12. The van der Waals surface area contributed by atoms with Gasteiger partial charge in [-0.15, -0.1) is 0 Å². The lowest BCUT2D eigenvalue weighted by atomic mass is 10.1. The Morgan fingerprint density at radius 2 is 1.88 bits per heavy atom. The van der Waals surface area contributed by atoms with Crippen molar-refractivity contribution in [3.63, 3.8) is 0 Å². The van der Waals surface area contributed by atoms with Crippen LogP contribution in [0.5, 0.6) is 0 Å². The van der Waals surface area contributed by atoms with Crippen LogP contribution >= 0.6 is 23.2 Å². The van der Waals surface area contributed by atoms with Gasteiger partial charge < -0.3 is 10.6 Å². The first-order valence-corrected chi connectivity index (χ1v) is 8.02. The van der Waals surface area contributed by atoms with Gasteiger partial charge in [-0.3, -0.25) is 19.7 Å². The molecule has 2 aromatic carbocycles. The minimum atomic E-state index is -0.657. The lowest BCUT2D eigenvalue weighted by molar-refractivity contribution is -0.384. The highest BCUT2D eigenvalue weighted by Gasteiger charge is 2.14. The summed E-state index contributed by atoms with van der Waals surface area (Å²) in [6.45, 7) is 1.24. The van der Waals surface area contributed by atoms with E-state index in [0.29, 0.717) is 10.6 Å². The number of anilines is 1. The molecule has 2 aromatic rings. The van der Waals surface area contributed by atoms with Gasteiger partial charge in [0.15, 0.2) is 0 Å². The quantitative estimate of drug-likeness (QED) is 0.454. The number of hydrogen-bond acceptors (Lipinski definition) is 4. The van der Waals surface area contributed by atoms with Crippen molar-refractivity contribution < 1.29 is 14.5 Å². The molecule has 0 aliphatic carbocycles. The number of nitrogens with zero attached hydrogens (tertiary/aromatic N) is 1. The van der Waals surface area contributed by atoms with E-state index in [1.165, 1.54) is 43.3 Å². The van der Waals surface area contributed by atoms with Crippen LogP contribution in [-0.2, 0) is 9.59 Å². The minimum Gasteiger partial charge on any atom is -0.322 e. The summed E-state index contributed by atoms with van der Waals surface area (Å²) in [5, 5.41) is 16.4. The molecule has 0 aliphatic rings. The molecule has 2 N–H and O–H groups in total. The second kappa shape index (κ2) is 8.46. The Morgan fingerprint density at radius 3 is 2.54 bits per heavy atom. The third kappa shape index (κ3) is 5.30. The summed E-state index contributed by atoms with van der Waals surface area (Å²) >= 11 is 11.9. The van der Waals surface area contributed by atoms with E-state index in [1.807, 2.05) is 0 Å². The van der Waals surface area contributed by atoms with E-state index < -0.39 is 16.7 Å². The second-order valence-corrected chi connectivity index (χ2v) is 6.01. The Balaban J connectivity index is 2.35. The monoisotopic (exact) mass is 393 g/mol. The average Bonchev–Trinajstić information content (AvgIpc) is 2.57. The minimum absolute atomic E-state index is 0.103. The van der Waals surface area contributed by atoms with Crippen molar-refractivity contribution in [3.8, 4) is 0 Å². The molecular formula is C17H13Cl2N3O4. The number of rotatable bonds is 5. The van der Waals surface area contributed by atoms with Crippen LogP contribution in [0.1, 0.15) is 12.5 Å². The maximum absolute atomic E-state index is 12.5. The van der Waals surface area contributed by atoms with Crippen LogP contribution in [0.15, 0.2) is 48.2 Å². The van der Waals surface area contributed by atoms with Crippen molar-refractivity contribution >= 4 is 52.5 Å². The fourth-order valence-electron chi connectivity index (χ4n) is 2.03. The fourth-order valence-corrected chi connectivity index (χ4v) is 2.36. The molecule has 0 saturated carbocycles. The predicted molar refractivity (Wildman–Crippen MR) is 100.0 cm³/mol. The first-order valence-electron chi connectivity index (χ1n) is 7.26. The van der Waals surface area contributed by atoms with E-state index in [9.17, 15) is 19.7 Å². The number of nitro groups is 1. The van der Waals surface area contributed by atoms with E-state index in [0.717, 1.165) is 0 Å². The zero-order valence-electron chi connectivity index (χ0n) is 13.5. The molecule has 134 valence electrons. The third-order valence-corrected chi connectivity index (χ3v) is 3.69. The highest BCUT2D eigenvalue weighted by Crippen LogP contribution is 2.26. The lowest BCUT2D eigenvalue weighted by Gasteiger charge is -2.11. The topological polar surface area (TPSA) is 101 Å². The number of halogens is 2. The summed E-state index contributed by atoms with van der Waals surface area (Å²) in [6, 6.07) is 10.2. The summed E-state index contributed by atoms with van der Waals surface area (Å²) in [5.41, 5.74) is 0.392. The molecule has 0 radical (unpaired) electrons. The molecule has 0 unspecified atom stereocenters. The Labute approximate surface area is 158 Å². The average molecular weight is 394 g/mol. The zero-order chi connectivity index (χ0) is 19.3. The van der Waals surface area contributed by atoms with Crippen LogP contribution in [0, 0.1) is 10.1 Å². The molecule has 26 heavy (non-hydrogen) atoms. The molecule has 2 rings (SSSR count). The molecule has 0 spiro atoms. The van der Waals surface area contributed by atoms with Crippen molar-refractivity contribution in [1.29, 1.82) is 0 Å². The number of benzene rings is 2.